The molecule has 0 aromatic heterocycles. The van der Waals surface area contributed by atoms with Crippen LogP contribution in [0.15, 0.2) is 58.3 Å². The van der Waals surface area contributed by atoms with Crippen LogP contribution in [0.3, 0.4) is 0 Å². The molecule has 0 aliphatic rings. The van der Waals surface area contributed by atoms with Crippen molar-refractivity contribution in [2.75, 3.05) is 0 Å². The summed E-state index contributed by atoms with van der Waals surface area (Å²) < 4.78 is 12.6. The maximum Gasteiger partial charge on any atom is 0.0853 e. The molecule has 0 amide bonds. The van der Waals surface area contributed by atoms with Gasteiger partial charge in [0, 0.05) is 14.8 Å². The SMILES string of the molecule is CC(C)(O)c1ccccc1[S@@](=O)c1ccc(Cl)cc1. The highest BCUT2D eigenvalue weighted by Gasteiger charge is 2.22. The number of hydrogen-bond acceptors (Lipinski definition) is 2. The van der Waals surface area contributed by atoms with Crippen LogP contribution in [0.2, 0.25) is 5.02 Å². The van der Waals surface area contributed by atoms with Gasteiger partial charge in [0.05, 0.1) is 16.4 Å². The Morgan fingerprint density at radius 2 is 1.63 bits per heavy atom. The predicted molar refractivity (Wildman–Crippen MR) is 77.8 cm³/mol. The third kappa shape index (κ3) is 3.24. The molecule has 2 aromatic rings. The second-order valence-electron chi connectivity index (χ2n) is 4.78. The summed E-state index contributed by atoms with van der Waals surface area (Å²) in [5.41, 5.74) is -0.359. The van der Waals surface area contributed by atoms with Gasteiger partial charge in [-0.15, -0.1) is 0 Å². The lowest BCUT2D eigenvalue weighted by molar-refractivity contribution is 0.0756. The summed E-state index contributed by atoms with van der Waals surface area (Å²) in [6, 6.07) is 14.1. The molecule has 0 unspecified atom stereocenters. The molecule has 0 fully saturated rings. The maximum absolute atomic E-state index is 12.6. The highest BCUT2D eigenvalue weighted by molar-refractivity contribution is 7.85. The lowest BCUT2D eigenvalue weighted by Crippen LogP contribution is -2.18. The summed E-state index contributed by atoms with van der Waals surface area (Å²) in [5, 5.41) is 10.8. The van der Waals surface area contributed by atoms with E-state index < -0.39 is 16.4 Å². The van der Waals surface area contributed by atoms with E-state index in [4.69, 9.17) is 11.6 Å². The molecular weight excluding hydrogens is 280 g/mol. The van der Waals surface area contributed by atoms with Crippen LogP contribution < -0.4 is 0 Å². The lowest BCUT2D eigenvalue weighted by Gasteiger charge is -2.21. The van der Waals surface area contributed by atoms with Crippen molar-refractivity contribution < 1.29 is 9.32 Å². The van der Waals surface area contributed by atoms with E-state index in [0.717, 1.165) is 0 Å². The summed E-state index contributed by atoms with van der Waals surface area (Å²) in [6.07, 6.45) is 0. The Morgan fingerprint density at radius 1 is 1.05 bits per heavy atom. The van der Waals surface area contributed by atoms with Gasteiger partial charge in [-0.25, -0.2) is 4.21 Å². The Labute approximate surface area is 120 Å². The smallest absolute Gasteiger partial charge is 0.0853 e. The van der Waals surface area contributed by atoms with Crippen molar-refractivity contribution >= 4 is 22.4 Å². The molecule has 0 saturated carbocycles. The Kier molecular flexibility index (Phi) is 4.09. The molecule has 19 heavy (non-hydrogen) atoms. The minimum atomic E-state index is -1.33. The van der Waals surface area contributed by atoms with Crippen LogP contribution in [0.1, 0.15) is 19.4 Å². The highest BCUT2D eigenvalue weighted by Crippen LogP contribution is 2.28. The second-order valence-corrected chi connectivity index (χ2v) is 6.66. The molecule has 100 valence electrons. The zero-order valence-electron chi connectivity index (χ0n) is 10.8. The fourth-order valence-corrected chi connectivity index (χ4v) is 3.30. The average molecular weight is 295 g/mol. The van der Waals surface area contributed by atoms with Gasteiger partial charge in [0.25, 0.3) is 0 Å². The van der Waals surface area contributed by atoms with Gasteiger partial charge < -0.3 is 5.11 Å². The largest absolute Gasteiger partial charge is 0.386 e. The minimum absolute atomic E-state index is 0.608. The van der Waals surface area contributed by atoms with E-state index in [0.29, 0.717) is 20.4 Å². The molecule has 2 rings (SSSR count). The molecular formula is C15H15ClO2S. The second kappa shape index (κ2) is 5.45. The Balaban J connectivity index is 2.48. The summed E-state index contributed by atoms with van der Waals surface area (Å²) in [5.74, 6) is 0. The van der Waals surface area contributed by atoms with Gasteiger partial charge in [0.1, 0.15) is 0 Å². The molecule has 4 heteroatoms. The fraction of sp³-hybridized carbons (Fsp3) is 0.200. The fourth-order valence-electron chi connectivity index (χ4n) is 1.82. The topological polar surface area (TPSA) is 37.3 Å². The quantitative estimate of drug-likeness (QED) is 0.936. The molecule has 1 atom stereocenters. The predicted octanol–water partition coefficient (Wildman–Crippen LogP) is 3.73. The van der Waals surface area contributed by atoms with Crippen LogP contribution in [-0.2, 0) is 16.4 Å². The Morgan fingerprint density at radius 3 is 2.21 bits per heavy atom. The summed E-state index contributed by atoms with van der Waals surface area (Å²) in [7, 11) is -1.33. The van der Waals surface area contributed by atoms with Crippen molar-refractivity contribution in [3.8, 4) is 0 Å². The highest BCUT2D eigenvalue weighted by atomic mass is 35.5. The summed E-state index contributed by atoms with van der Waals surface area (Å²) in [6.45, 7) is 3.37. The van der Waals surface area contributed by atoms with Gasteiger partial charge in [-0.1, -0.05) is 29.8 Å². The number of aliphatic hydroxyl groups is 1. The molecule has 2 nitrogen and oxygen atoms in total. The van der Waals surface area contributed by atoms with E-state index in [-0.39, 0.29) is 0 Å². The first-order valence-electron chi connectivity index (χ1n) is 5.89. The van der Waals surface area contributed by atoms with E-state index in [1.807, 2.05) is 12.1 Å². The molecule has 0 spiro atoms. The van der Waals surface area contributed by atoms with Crippen LogP contribution in [0, 0.1) is 0 Å². The first kappa shape index (κ1) is 14.3. The number of hydrogen-bond donors (Lipinski definition) is 1. The van der Waals surface area contributed by atoms with Gasteiger partial charge in [0.15, 0.2) is 0 Å². The first-order chi connectivity index (χ1) is 8.89. The molecule has 0 bridgehead atoms. The van der Waals surface area contributed by atoms with Crippen LogP contribution in [0.4, 0.5) is 0 Å². The van der Waals surface area contributed by atoms with Gasteiger partial charge in [0.2, 0.25) is 0 Å². The third-order valence-electron chi connectivity index (χ3n) is 2.77. The van der Waals surface area contributed by atoms with E-state index in [9.17, 15) is 9.32 Å². The number of halogens is 1. The molecule has 0 saturated heterocycles. The minimum Gasteiger partial charge on any atom is -0.386 e. The summed E-state index contributed by atoms with van der Waals surface area (Å²) in [4.78, 5) is 1.29. The van der Waals surface area contributed by atoms with Gasteiger partial charge in [-0.2, -0.15) is 0 Å². The maximum atomic E-state index is 12.6. The van der Waals surface area contributed by atoms with Crippen molar-refractivity contribution in [2.24, 2.45) is 0 Å². The number of benzene rings is 2. The van der Waals surface area contributed by atoms with Crippen LogP contribution in [0.5, 0.6) is 0 Å². The summed E-state index contributed by atoms with van der Waals surface area (Å²) >= 11 is 5.83. The van der Waals surface area contributed by atoms with Crippen molar-refractivity contribution in [3.63, 3.8) is 0 Å². The molecule has 1 N–H and O–H groups in total. The van der Waals surface area contributed by atoms with Crippen molar-refractivity contribution in [2.45, 2.75) is 29.2 Å². The van der Waals surface area contributed by atoms with Gasteiger partial charge in [-0.05, 0) is 49.7 Å². The van der Waals surface area contributed by atoms with Crippen LogP contribution in [-0.4, -0.2) is 9.32 Å². The van der Waals surface area contributed by atoms with Crippen molar-refractivity contribution in [1.82, 2.24) is 0 Å². The monoisotopic (exact) mass is 294 g/mol. The van der Waals surface area contributed by atoms with Crippen LogP contribution in [0.25, 0.3) is 0 Å². The zero-order chi connectivity index (χ0) is 14.0. The third-order valence-corrected chi connectivity index (χ3v) is 4.48. The lowest BCUT2D eigenvalue weighted by atomic mass is 9.99. The normalized spacial score (nSPS) is 13.3. The average Bonchev–Trinajstić information content (AvgIpc) is 2.38. The van der Waals surface area contributed by atoms with Gasteiger partial charge in [-0.3, -0.25) is 0 Å². The van der Waals surface area contributed by atoms with E-state index in [2.05, 4.69) is 0 Å². The van der Waals surface area contributed by atoms with E-state index in [1.165, 1.54) is 0 Å². The Bertz CT molecular complexity index is 600. The number of rotatable bonds is 3. The van der Waals surface area contributed by atoms with Crippen molar-refractivity contribution in [1.29, 1.82) is 0 Å². The van der Waals surface area contributed by atoms with E-state index in [1.54, 1.807) is 50.2 Å². The molecule has 0 radical (unpaired) electrons. The van der Waals surface area contributed by atoms with E-state index >= 15 is 0 Å². The first-order valence-corrected chi connectivity index (χ1v) is 7.41. The van der Waals surface area contributed by atoms with Crippen molar-refractivity contribution in [3.05, 3.63) is 59.1 Å². The molecule has 0 aliphatic carbocycles. The molecule has 2 aromatic carbocycles. The van der Waals surface area contributed by atoms with Gasteiger partial charge >= 0.3 is 0 Å². The zero-order valence-corrected chi connectivity index (χ0v) is 12.3. The standard InChI is InChI=1S/C15H15ClO2S/c1-15(2,17)13-5-3-4-6-14(13)19(18)12-9-7-11(16)8-10-12/h3-10,17H,1-2H3/t19-/m0/s1. The van der Waals surface area contributed by atoms with Crippen LogP contribution >= 0.6 is 11.6 Å². The molecule has 0 heterocycles. The Hall–Kier alpha value is -1.16. The molecule has 0 aliphatic heterocycles.